The molecule has 0 saturated heterocycles. The van der Waals surface area contributed by atoms with Gasteiger partial charge in [0.25, 0.3) is 0 Å². The maximum atomic E-state index is 3.62. The van der Waals surface area contributed by atoms with Crippen LogP contribution < -0.4 is 5.32 Å². The lowest BCUT2D eigenvalue weighted by Gasteiger charge is -2.13. The average Bonchev–Trinajstić information content (AvgIpc) is 2.80. The van der Waals surface area contributed by atoms with Gasteiger partial charge in [0.05, 0.1) is 0 Å². The minimum Gasteiger partial charge on any atom is -0.355 e. The van der Waals surface area contributed by atoms with Crippen molar-refractivity contribution < 1.29 is 0 Å². The van der Waals surface area contributed by atoms with Crippen LogP contribution in [0.15, 0.2) is 121 Å². The Bertz CT molecular complexity index is 1200. The summed E-state index contributed by atoms with van der Waals surface area (Å²) in [7, 11) is 0. The van der Waals surface area contributed by atoms with Gasteiger partial charge in [0.1, 0.15) is 0 Å². The van der Waals surface area contributed by atoms with Crippen LogP contribution in [0.25, 0.3) is 33.0 Å². The quantitative estimate of drug-likeness (QED) is 0.338. The third kappa shape index (κ3) is 3.76. The van der Waals surface area contributed by atoms with E-state index in [-0.39, 0.29) is 0 Å². The number of nitrogens with one attached hydrogen (secondary N) is 1. The Hall–Kier alpha value is -3.84. The molecule has 29 heavy (non-hydrogen) atoms. The average molecular weight is 371 g/mol. The number of anilines is 2. The van der Waals surface area contributed by atoms with Crippen LogP contribution in [-0.2, 0) is 0 Å². The summed E-state index contributed by atoms with van der Waals surface area (Å²) in [6.45, 7) is 0. The monoisotopic (exact) mass is 371 g/mol. The van der Waals surface area contributed by atoms with Crippen molar-refractivity contribution in [2.24, 2.45) is 0 Å². The summed E-state index contributed by atoms with van der Waals surface area (Å²) in [5.41, 5.74) is 7.01. The second-order valence-electron chi connectivity index (χ2n) is 7.22. The summed E-state index contributed by atoms with van der Waals surface area (Å²) in [6.07, 6.45) is 0. The zero-order valence-corrected chi connectivity index (χ0v) is 16.0. The maximum Gasteiger partial charge on any atom is 0.0396 e. The zero-order chi connectivity index (χ0) is 19.5. The molecule has 5 aromatic rings. The van der Waals surface area contributed by atoms with E-state index in [1.54, 1.807) is 0 Å². The normalized spacial score (nSPS) is 10.8. The third-order valence-electron chi connectivity index (χ3n) is 5.19. The van der Waals surface area contributed by atoms with Crippen molar-refractivity contribution in [1.29, 1.82) is 0 Å². The number of rotatable bonds is 4. The second kappa shape index (κ2) is 7.65. The smallest absolute Gasteiger partial charge is 0.0396 e. The lowest BCUT2D eigenvalue weighted by Crippen LogP contribution is -1.92. The first-order valence-corrected chi connectivity index (χ1v) is 9.87. The van der Waals surface area contributed by atoms with E-state index >= 15 is 0 Å². The van der Waals surface area contributed by atoms with Gasteiger partial charge in [-0.25, -0.2) is 0 Å². The van der Waals surface area contributed by atoms with Crippen LogP contribution >= 0.6 is 0 Å². The molecule has 0 saturated carbocycles. The van der Waals surface area contributed by atoms with Gasteiger partial charge in [0.15, 0.2) is 0 Å². The van der Waals surface area contributed by atoms with Gasteiger partial charge in [0.2, 0.25) is 0 Å². The van der Waals surface area contributed by atoms with Gasteiger partial charge in [-0.15, -0.1) is 0 Å². The van der Waals surface area contributed by atoms with Crippen LogP contribution in [0.2, 0.25) is 0 Å². The lowest BCUT2D eigenvalue weighted by atomic mass is 9.98. The summed E-state index contributed by atoms with van der Waals surface area (Å²) < 4.78 is 0. The SMILES string of the molecule is c1ccc(-c2cc(Nc3ccc4ccccc4c3)cc(-c3ccccc3)c2)cc1. The van der Waals surface area contributed by atoms with Crippen molar-refractivity contribution in [1.82, 2.24) is 0 Å². The summed E-state index contributed by atoms with van der Waals surface area (Å²) in [5, 5.41) is 6.10. The number of benzene rings is 5. The van der Waals surface area contributed by atoms with E-state index in [4.69, 9.17) is 0 Å². The minimum atomic E-state index is 1.08. The molecule has 0 fully saturated rings. The van der Waals surface area contributed by atoms with Crippen molar-refractivity contribution in [3.63, 3.8) is 0 Å². The molecule has 1 heteroatoms. The predicted octanol–water partition coefficient (Wildman–Crippen LogP) is 7.92. The molecule has 0 spiro atoms. The highest BCUT2D eigenvalue weighted by Crippen LogP contribution is 2.32. The van der Waals surface area contributed by atoms with Gasteiger partial charge in [-0.2, -0.15) is 0 Å². The Morgan fingerprint density at radius 3 is 1.52 bits per heavy atom. The van der Waals surface area contributed by atoms with Crippen LogP contribution in [0.5, 0.6) is 0 Å². The van der Waals surface area contributed by atoms with Crippen LogP contribution in [-0.4, -0.2) is 0 Å². The second-order valence-corrected chi connectivity index (χ2v) is 7.22. The molecular weight excluding hydrogens is 350 g/mol. The van der Waals surface area contributed by atoms with Crippen molar-refractivity contribution >= 4 is 22.1 Å². The van der Waals surface area contributed by atoms with Gasteiger partial charge in [-0.3, -0.25) is 0 Å². The number of hydrogen-bond donors (Lipinski definition) is 1. The minimum absolute atomic E-state index is 1.08. The van der Waals surface area contributed by atoms with Gasteiger partial charge >= 0.3 is 0 Å². The first-order chi connectivity index (χ1) is 14.3. The molecule has 0 aromatic heterocycles. The molecule has 0 amide bonds. The zero-order valence-electron chi connectivity index (χ0n) is 16.0. The van der Waals surface area contributed by atoms with Gasteiger partial charge in [0, 0.05) is 11.4 Å². The largest absolute Gasteiger partial charge is 0.355 e. The Labute approximate surface area is 171 Å². The fourth-order valence-corrected chi connectivity index (χ4v) is 3.73. The molecule has 1 N–H and O–H groups in total. The van der Waals surface area contributed by atoms with Gasteiger partial charge < -0.3 is 5.32 Å². The van der Waals surface area contributed by atoms with Crippen molar-refractivity contribution in [3.05, 3.63) is 121 Å². The highest BCUT2D eigenvalue weighted by atomic mass is 14.9. The molecule has 138 valence electrons. The molecule has 0 bridgehead atoms. The lowest BCUT2D eigenvalue weighted by molar-refractivity contribution is 1.54. The standard InChI is InChI=1S/C28H21N/c1-3-9-21(10-4-1)25-17-26(22-11-5-2-6-12-22)20-28(19-25)29-27-16-15-23-13-7-8-14-24(23)18-27/h1-20,29H. The Morgan fingerprint density at radius 2 is 0.897 bits per heavy atom. The maximum absolute atomic E-state index is 3.62. The van der Waals surface area contributed by atoms with Crippen LogP contribution in [0.3, 0.4) is 0 Å². The molecule has 5 aromatic carbocycles. The molecule has 1 nitrogen and oxygen atoms in total. The fraction of sp³-hybridized carbons (Fsp3) is 0. The molecule has 0 radical (unpaired) electrons. The molecular formula is C28H21N. The Morgan fingerprint density at radius 1 is 0.345 bits per heavy atom. The van der Waals surface area contributed by atoms with E-state index in [2.05, 4.69) is 127 Å². The number of fused-ring (bicyclic) bond motifs is 1. The highest BCUT2D eigenvalue weighted by Gasteiger charge is 2.06. The Balaban J connectivity index is 1.59. The van der Waals surface area contributed by atoms with Crippen molar-refractivity contribution in [2.45, 2.75) is 0 Å². The van der Waals surface area contributed by atoms with Crippen LogP contribution in [0.4, 0.5) is 11.4 Å². The van der Waals surface area contributed by atoms with E-state index in [1.807, 2.05) is 0 Å². The third-order valence-corrected chi connectivity index (χ3v) is 5.19. The molecule has 0 atom stereocenters. The van der Waals surface area contributed by atoms with E-state index in [1.165, 1.54) is 33.0 Å². The summed E-state index contributed by atoms with van der Waals surface area (Å²) >= 11 is 0. The van der Waals surface area contributed by atoms with Crippen LogP contribution in [0.1, 0.15) is 0 Å². The predicted molar refractivity (Wildman–Crippen MR) is 125 cm³/mol. The van der Waals surface area contributed by atoms with E-state index in [0.29, 0.717) is 0 Å². The molecule has 0 aliphatic rings. The first kappa shape index (κ1) is 17.3. The molecule has 0 aliphatic heterocycles. The topological polar surface area (TPSA) is 12.0 Å². The molecule has 0 unspecified atom stereocenters. The van der Waals surface area contributed by atoms with E-state index < -0.39 is 0 Å². The summed E-state index contributed by atoms with van der Waals surface area (Å²) in [5.74, 6) is 0. The molecule has 0 heterocycles. The Kier molecular flexibility index (Phi) is 4.56. The highest BCUT2D eigenvalue weighted by molar-refractivity contribution is 5.87. The van der Waals surface area contributed by atoms with Crippen molar-refractivity contribution in [3.8, 4) is 22.3 Å². The number of hydrogen-bond acceptors (Lipinski definition) is 1. The van der Waals surface area contributed by atoms with E-state index in [0.717, 1.165) is 11.4 Å². The molecule has 0 aliphatic carbocycles. The fourth-order valence-electron chi connectivity index (χ4n) is 3.73. The van der Waals surface area contributed by atoms with Crippen molar-refractivity contribution in [2.75, 3.05) is 5.32 Å². The first-order valence-electron chi connectivity index (χ1n) is 9.87. The summed E-state index contributed by atoms with van der Waals surface area (Å²) in [4.78, 5) is 0. The summed E-state index contributed by atoms with van der Waals surface area (Å²) in [6, 6.07) is 42.7. The van der Waals surface area contributed by atoms with E-state index in [9.17, 15) is 0 Å². The van der Waals surface area contributed by atoms with Crippen LogP contribution in [0, 0.1) is 0 Å². The van der Waals surface area contributed by atoms with Gasteiger partial charge in [-0.05, 0) is 63.4 Å². The van der Waals surface area contributed by atoms with Gasteiger partial charge in [-0.1, -0.05) is 91.0 Å². The molecule has 5 rings (SSSR count).